The molecule has 0 aliphatic heterocycles. The maximum absolute atomic E-state index is 6.11. The molecule has 20 heavy (non-hydrogen) atoms. The molecule has 1 aromatic carbocycles. The van der Waals surface area contributed by atoms with Gasteiger partial charge in [0.25, 0.3) is 0 Å². The van der Waals surface area contributed by atoms with Crippen LogP contribution in [0.25, 0.3) is 11.0 Å². The third-order valence-corrected chi connectivity index (χ3v) is 3.96. The van der Waals surface area contributed by atoms with Crippen LogP contribution in [0.4, 0.5) is 0 Å². The Balaban J connectivity index is 2.51. The van der Waals surface area contributed by atoms with Crippen molar-refractivity contribution in [2.75, 3.05) is 7.05 Å². The molecule has 110 valence electrons. The quantitative estimate of drug-likeness (QED) is 0.838. The summed E-state index contributed by atoms with van der Waals surface area (Å²) in [5, 5.41) is 4.57. The van der Waals surface area contributed by atoms with Crippen LogP contribution in [0, 0.1) is 6.92 Å². The lowest BCUT2D eigenvalue weighted by atomic mass is 9.85. The van der Waals surface area contributed by atoms with Gasteiger partial charge in [-0.2, -0.15) is 0 Å². The minimum Gasteiger partial charge on any atom is -0.459 e. The number of aryl methyl sites for hydroxylation is 1. The first-order valence-corrected chi connectivity index (χ1v) is 7.58. The lowest BCUT2D eigenvalue weighted by Crippen LogP contribution is -2.15. The van der Waals surface area contributed by atoms with E-state index in [9.17, 15) is 0 Å². The molecule has 0 spiro atoms. The molecule has 2 heteroatoms. The fourth-order valence-electron chi connectivity index (χ4n) is 2.67. The fourth-order valence-corrected chi connectivity index (χ4v) is 2.67. The number of rotatable bonds is 4. The summed E-state index contributed by atoms with van der Waals surface area (Å²) in [7, 11) is 2.00. The summed E-state index contributed by atoms with van der Waals surface area (Å²) in [6.07, 6.45) is 2.25. The molecule has 1 unspecified atom stereocenters. The van der Waals surface area contributed by atoms with Crippen LogP contribution in [0.1, 0.15) is 63.5 Å². The molecule has 0 aliphatic rings. The van der Waals surface area contributed by atoms with Gasteiger partial charge in [0, 0.05) is 5.39 Å². The molecule has 1 heterocycles. The summed E-state index contributed by atoms with van der Waals surface area (Å²) in [4.78, 5) is 0. The molecular weight excluding hydrogens is 246 g/mol. The summed E-state index contributed by atoms with van der Waals surface area (Å²) in [6, 6.07) is 7.04. The van der Waals surface area contributed by atoms with Crippen molar-refractivity contribution in [1.29, 1.82) is 0 Å². The SMILES string of the molecule is CCCC(NC)c1cc2cc(C(C)(C)C)cc(C)c2o1. The third kappa shape index (κ3) is 2.90. The highest BCUT2D eigenvalue weighted by Gasteiger charge is 2.19. The van der Waals surface area contributed by atoms with E-state index in [0.29, 0.717) is 6.04 Å². The van der Waals surface area contributed by atoms with Crippen LogP contribution in [0.2, 0.25) is 0 Å². The minimum atomic E-state index is 0.169. The smallest absolute Gasteiger partial charge is 0.137 e. The number of furan rings is 1. The van der Waals surface area contributed by atoms with Gasteiger partial charge in [-0.1, -0.05) is 40.2 Å². The van der Waals surface area contributed by atoms with Crippen LogP contribution in [0.15, 0.2) is 22.6 Å². The molecule has 1 N–H and O–H groups in total. The lowest BCUT2D eigenvalue weighted by Gasteiger charge is -2.19. The minimum absolute atomic E-state index is 0.169. The van der Waals surface area contributed by atoms with E-state index in [-0.39, 0.29) is 5.41 Å². The number of hydrogen-bond acceptors (Lipinski definition) is 2. The maximum Gasteiger partial charge on any atom is 0.137 e. The highest BCUT2D eigenvalue weighted by molar-refractivity contribution is 5.82. The Bertz CT molecular complexity index is 589. The predicted molar refractivity (Wildman–Crippen MR) is 86.4 cm³/mol. The molecule has 0 saturated carbocycles. The average Bonchev–Trinajstić information content (AvgIpc) is 2.79. The number of hydrogen-bond donors (Lipinski definition) is 1. The first-order chi connectivity index (χ1) is 9.36. The van der Waals surface area contributed by atoms with Gasteiger partial charge in [0.2, 0.25) is 0 Å². The standard InChI is InChI=1S/C18H27NO/c1-7-8-15(19-6)16-11-13-10-14(18(3,4)5)9-12(2)17(13)20-16/h9-11,15,19H,7-8H2,1-6H3. The van der Waals surface area contributed by atoms with Crippen molar-refractivity contribution in [2.24, 2.45) is 0 Å². The van der Waals surface area contributed by atoms with Gasteiger partial charge in [-0.3, -0.25) is 0 Å². The Morgan fingerprint density at radius 1 is 1.20 bits per heavy atom. The number of nitrogens with one attached hydrogen (secondary N) is 1. The van der Waals surface area contributed by atoms with E-state index in [1.807, 2.05) is 7.05 Å². The normalized spacial score (nSPS) is 13.9. The maximum atomic E-state index is 6.11. The number of fused-ring (bicyclic) bond motifs is 1. The summed E-state index contributed by atoms with van der Waals surface area (Å²) in [5.41, 5.74) is 3.79. The Kier molecular flexibility index (Phi) is 4.24. The molecule has 0 fully saturated rings. The van der Waals surface area contributed by atoms with Crippen LogP contribution >= 0.6 is 0 Å². The van der Waals surface area contributed by atoms with Crippen molar-refractivity contribution in [3.8, 4) is 0 Å². The van der Waals surface area contributed by atoms with Crippen molar-refractivity contribution < 1.29 is 4.42 Å². The van der Waals surface area contributed by atoms with Crippen molar-refractivity contribution in [3.05, 3.63) is 35.1 Å². The monoisotopic (exact) mass is 273 g/mol. The van der Waals surface area contributed by atoms with Gasteiger partial charge in [0.05, 0.1) is 6.04 Å². The fraction of sp³-hybridized carbons (Fsp3) is 0.556. The Morgan fingerprint density at radius 3 is 2.45 bits per heavy atom. The van der Waals surface area contributed by atoms with Gasteiger partial charge in [-0.15, -0.1) is 0 Å². The first kappa shape index (κ1) is 15.1. The molecule has 0 saturated heterocycles. The van der Waals surface area contributed by atoms with E-state index in [1.165, 1.54) is 16.5 Å². The first-order valence-electron chi connectivity index (χ1n) is 7.58. The zero-order chi connectivity index (χ0) is 14.9. The molecule has 0 aliphatic carbocycles. The van der Waals surface area contributed by atoms with Crippen molar-refractivity contribution >= 4 is 11.0 Å². The van der Waals surface area contributed by atoms with Gasteiger partial charge in [-0.05, 0) is 49.1 Å². The zero-order valence-corrected chi connectivity index (χ0v) is 13.6. The number of benzene rings is 1. The summed E-state index contributed by atoms with van der Waals surface area (Å²) < 4.78 is 6.11. The second kappa shape index (κ2) is 5.61. The molecule has 2 aromatic rings. The average molecular weight is 273 g/mol. The second-order valence-corrected chi connectivity index (χ2v) is 6.74. The van der Waals surface area contributed by atoms with Gasteiger partial charge in [0.1, 0.15) is 11.3 Å². The van der Waals surface area contributed by atoms with E-state index in [4.69, 9.17) is 4.42 Å². The summed E-state index contributed by atoms with van der Waals surface area (Å²) in [6.45, 7) is 11.1. The van der Waals surface area contributed by atoms with Gasteiger partial charge >= 0.3 is 0 Å². The van der Waals surface area contributed by atoms with Crippen molar-refractivity contribution in [3.63, 3.8) is 0 Å². The zero-order valence-electron chi connectivity index (χ0n) is 13.6. The molecule has 1 aromatic heterocycles. The van der Waals surface area contributed by atoms with E-state index in [2.05, 4.69) is 58.1 Å². The van der Waals surface area contributed by atoms with Gasteiger partial charge in [-0.25, -0.2) is 0 Å². The summed E-state index contributed by atoms with van der Waals surface area (Å²) in [5.74, 6) is 1.05. The topological polar surface area (TPSA) is 25.2 Å². The molecule has 2 nitrogen and oxygen atoms in total. The largest absolute Gasteiger partial charge is 0.459 e. The van der Waals surface area contributed by atoms with E-state index >= 15 is 0 Å². The van der Waals surface area contributed by atoms with Crippen LogP contribution < -0.4 is 5.32 Å². The molecule has 0 bridgehead atoms. The van der Waals surface area contributed by atoms with Crippen LogP contribution in [-0.4, -0.2) is 7.05 Å². The Labute approximate surface area is 122 Å². The Morgan fingerprint density at radius 2 is 1.90 bits per heavy atom. The molecule has 1 atom stereocenters. The molecule has 2 rings (SSSR count). The lowest BCUT2D eigenvalue weighted by molar-refractivity contribution is 0.429. The highest BCUT2D eigenvalue weighted by Crippen LogP contribution is 2.33. The van der Waals surface area contributed by atoms with Crippen molar-refractivity contribution in [2.45, 2.75) is 58.9 Å². The van der Waals surface area contributed by atoms with Crippen LogP contribution in [-0.2, 0) is 5.41 Å². The van der Waals surface area contributed by atoms with E-state index in [1.54, 1.807) is 0 Å². The third-order valence-electron chi connectivity index (χ3n) is 3.96. The summed E-state index contributed by atoms with van der Waals surface area (Å²) >= 11 is 0. The van der Waals surface area contributed by atoms with Crippen LogP contribution in [0.3, 0.4) is 0 Å². The molecule has 0 radical (unpaired) electrons. The van der Waals surface area contributed by atoms with Gasteiger partial charge in [0.15, 0.2) is 0 Å². The van der Waals surface area contributed by atoms with Crippen LogP contribution in [0.5, 0.6) is 0 Å². The Hall–Kier alpha value is -1.28. The predicted octanol–water partition coefficient (Wildman–Crippen LogP) is 5.10. The van der Waals surface area contributed by atoms with E-state index in [0.717, 1.165) is 24.2 Å². The molecular formula is C18H27NO. The molecule has 0 amide bonds. The van der Waals surface area contributed by atoms with Crippen molar-refractivity contribution in [1.82, 2.24) is 5.32 Å². The van der Waals surface area contributed by atoms with E-state index < -0.39 is 0 Å². The highest BCUT2D eigenvalue weighted by atomic mass is 16.3. The second-order valence-electron chi connectivity index (χ2n) is 6.74. The van der Waals surface area contributed by atoms with Gasteiger partial charge < -0.3 is 9.73 Å².